The van der Waals surface area contributed by atoms with Gasteiger partial charge in [-0.15, -0.1) is 0 Å². The van der Waals surface area contributed by atoms with Crippen LogP contribution in [-0.2, 0) is 14.4 Å². The fourth-order valence-corrected chi connectivity index (χ4v) is 5.27. The first-order valence-electron chi connectivity index (χ1n) is 11.8. The van der Waals surface area contributed by atoms with Crippen molar-refractivity contribution in [2.75, 3.05) is 20.1 Å². The molecule has 0 aromatic rings. The molecule has 30 heavy (non-hydrogen) atoms. The summed E-state index contributed by atoms with van der Waals surface area (Å²) < 4.78 is 0. The molecule has 2 amide bonds. The van der Waals surface area contributed by atoms with Gasteiger partial charge in [0.25, 0.3) is 0 Å². The molecule has 0 aromatic carbocycles. The Balaban J connectivity index is 1.73. The van der Waals surface area contributed by atoms with Gasteiger partial charge in [0.1, 0.15) is 0 Å². The van der Waals surface area contributed by atoms with Gasteiger partial charge in [0.2, 0.25) is 11.8 Å². The second-order valence-corrected chi connectivity index (χ2v) is 9.16. The van der Waals surface area contributed by atoms with Gasteiger partial charge in [0.05, 0.1) is 6.54 Å². The zero-order valence-electron chi connectivity index (χ0n) is 18.8. The normalized spacial score (nSPS) is 25.0. The molecule has 0 radical (unpaired) electrons. The second kappa shape index (κ2) is 12.8. The molecule has 2 aliphatic rings. The third kappa shape index (κ3) is 7.77. The maximum atomic E-state index is 12.4. The molecule has 2 bridgehead atoms. The molecule has 0 spiro atoms. The number of nitrogens with zero attached hydrogens (tertiary/aromatic N) is 1. The molecule has 0 aromatic heterocycles. The van der Waals surface area contributed by atoms with E-state index in [1.54, 1.807) is 11.9 Å². The van der Waals surface area contributed by atoms with E-state index in [1.165, 1.54) is 19.3 Å². The highest BCUT2D eigenvalue weighted by molar-refractivity contribution is 5.84. The number of carbonyl (C=O) groups is 3. The van der Waals surface area contributed by atoms with Crippen molar-refractivity contribution in [3.8, 4) is 0 Å². The van der Waals surface area contributed by atoms with Crippen LogP contribution in [0.5, 0.6) is 0 Å². The third-order valence-electron chi connectivity index (χ3n) is 6.95. The molecule has 2 aliphatic carbocycles. The standard InChI is InChI=1S/C24H40N2O4/c1-3-4-7-11-23(28)26(2)17-22(27)25-16-21-19-14-13-18(15-19)20(21)10-8-5-6-9-12-24(29)30/h5,8,18-21H,3-4,6-7,9-17H2,1-2H3,(H,25,27)(H,29,30)/b8-5-/t18-,19+,20-,21+/m0/s1. The summed E-state index contributed by atoms with van der Waals surface area (Å²) in [5.41, 5.74) is 0. The first-order valence-corrected chi connectivity index (χ1v) is 11.8. The average molecular weight is 421 g/mol. The van der Waals surface area contributed by atoms with Gasteiger partial charge in [-0.2, -0.15) is 0 Å². The Labute approximate surface area is 181 Å². The summed E-state index contributed by atoms with van der Waals surface area (Å²) in [6.45, 7) is 2.95. The van der Waals surface area contributed by atoms with E-state index < -0.39 is 5.97 Å². The molecule has 2 saturated carbocycles. The van der Waals surface area contributed by atoms with Crippen LogP contribution in [-0.4, -0.2) is 47.9 Å². The van der Waals surface area contributed by atoms with Crippen molar-refractivity contribution in [2.45, 2.75) is 77.6 Å². The number of carbonyl (C=O) groups excluding carboxylic acids is 2. The SMILES string of the molecule is CCCCCC(=O)N(C)CC(=O)NC[C@@H]1[C@@H]2CC[C@@H](C2)[C@@H]1C/C=C\CCCC(=O)O. The lowest BCUT2D eigenvalue weighted by molar-refractivity contribution is -0.137. The van der Waals surface area contributed by atoms with Gasteiger partial charge in [-0.05, 0) is 68.6 Å². The van der Waals surface area contributed by atoms with Crippen molar-refractivity contribution < 1.29 is 19.5 Å². The number of hydrogen-bond donors (Lipinski definition) is 2. The number of unbranched alkanes of at least 4 members (excludes halogenated alkanes) is 3. The average Bonchev–Trinajstić information content (AvgIpc) is 3.30. The number of hydrogen-bond acceptors (Lipinski definition) is 3. The minimum absolute atomic E-state index is 0.0458. The highest BCUT2D eigenvalue weighted by Crippen LogP contribution is 2.53. The number of allylic oxidation sites excluding steroid dienone is 2. The second-order valence-electron chi connectivity index (χ2n) is 9.16. The first-order chi connectivity index (χ1) is 14.4. The summed E-state index contributed by atoms with van der Waals surface area (Å²) in [5.74, 6) is 1.82. The predicted molar refractivity (Wildman–Crippen MR) is 118 cm³/mol. The summed E-state index contributed by atoms with van der Waals surface area (Å²) in [6, 6.07) is 0. The zero-order chi connectivity index (χ0) is 21.9. The van der Waals surface area contributed by atoms with Gasteiger partial charge in [0, 0.05) is 26.4 Å². The van der Waals surface area contributed by atoms with Crippen LogP contribution in [0.1, 0.15) is 77.6 Å². The van der Waals surface area contributed by atoms with Crippen molar-refractivity contribution in [3.63, 3.8) is 0 Å². The van der Waals surface area contributed by atoms with Gasteiger partial charge in [-0.25, -0.2) is 0 Å². The summed E-state index contributed by atoms with van der Waals surface area (Å²) in [4.78, 5) is 36.6. The van der Waals surface area contributed by atoms with Crippen molar-refractivity contribution in [1.29, 1.82) is 0 Å². The Morgan fingerprint density at radius 2 is 1.77 bits per heavy atom. The maximum Gasteiger partial charge on any atom is 0.303 e. The Bertz CT molecular complexity index is 604. The summed E-state index contributed by atoms with van der Waals surface area (Å²) >= 11 is 0. The van der Waals surface area contributed by atoms with Crippen LogP contribution >= 0.6 is 0 Å². The van der Waals surface area contributed by atoms with Gasteiger partial charge < -0.3 is 15.3 Å². The lowest BCUT2D eigenvalue weighted by Crippen LogP contribution is -2.41. The molecular weight excluding hydrogens is 380 g/mol. The molecule has 0 heterocycles. The molecule has 0 saturated heterocycles. The Morgan fingerprint density at radius 1 is 1.03 bits per heavy atom. The minimum atomic E-state index is -0.736. The zero-order valence-corrected chi connectivity index (χ0v) is 18.8. The van der Waals surface area contributed by atoms with Crippen molar-refractivity contribution in [2.24, 2.45) is 23.7 Å². The molecule has 6 heteroatoms. The minimum Gasteiger partial charge on any atom is -0.481 e. The molecule has 6 nitrogen and oxygen atoms in total. The summed E-state index contributed by atoms with van der Waals surface area (Å²) in [5, 5.41) is 11.8. The number of amides is 2. The predicted octanol–water partition coefficient (Wildman–Crippen LogP) is 4.00. The number of nitrogens with one attached hydrogen (secondary N) is 1. The van der Waals surface area contributed by atoms with E-state index in [0.29, 0.717) is 37.1 Å². The van der Waals surface area contributed by atoms with Crippen LogP contribution in [0, 0.1) is 23.7 Å². The monoisotopic (exact) mass is 420 g/mol. The van der Waals surface area contributed by atoms with Crippen LogP contribution in [0.2, 0.25) is 0 Å². The lowest BCUT2D eigenvalue weighted by Gasteiger charge is -2.31. The van der Waals surface area contributed by atoms with E-state index in [4.69, 9.17) is 5.11 Å². The van der Waals surface area contributed by atoms with Crippen LogP contribution in [0.4, 0.5) is 0 Å². The van der Waals surface area contributed by atoms with Crippen LogP contribution in [0.15, 0.2) is 12.2 Å². The topological polar surface area (TPSA) is 86.7 Å². The fourth-order valence-electron chi connectivity index (χ4n) is 5.27. The molecule has 2 fully saturated rings. The first kappa shape index (κ1) is 24.4. The quantitative estimate of drug-likeness (QED) is 0.328. The Morgan fingerprint density at radius 3 is 2.47 bits per heavy atom. The number of aliphatic carboxylic acids is 1. The van der Waals surface area contributed by atoms with E-state index in [-0.39, 0.29) is 24.8 Å². The highest BCUT2D eigenvalue weighted by Gasteiger charge is 2.46. The van der Waals surface area contributed by atoms with Gasteiger partial charge in [-0.1, -0.05) is 31.9 Å². The van der Waals surface area contributed by atoms with Gasteiger partial charge >= 0.3 is 5.97 Å². The number of fused-ring (bicyclic) bond motifs is 2. The summed E-state index contributed by atoms with van der Waals surface area (Å²) in [6.07, 6.45) is 14.4. The Kier molecular flexibility index (Phi) is 10.4. The van der Waals surface area contributed by atoms with Gasteiger partial charge in [-0.3, -0.25) is 14.4 Å². The number of likely N-dealkylation sites (N-methyl/N-ethyl adjacent to an activating group) is 1. The molecular formula is C24H40N2O4. The van der Waals surface area contributed by atoms with Crippen LogP contribution < -0.4 is 5.32 Å². The van der Waals surface area contributed by atoms with Crippen molar-refractivity contribution >= 4 is 17.8 Å². The number of carboxylic acid groups (broad SMARTS) is 1. The molecule has 170 valence electrons. The molecule has 4 atom stereocenters. The highest BCUT2D eigenvalue weighted by atomic mass is 16.4. The van der Waals surface area contributed by atoms with E-state index in [9.17, 15) is 14.4 Å². The molecule has 2 rings (SSSR count). The van der Waals surface area contributed by atoms with E-state index >= 15 is 0 Å². The fraction of sp³-hybridized carbons (Fsp3) is 0.792. The summed E-state index contributed by atoms with van der Waals surface area (Å²) in [7, 11) is 1.71. The van der Waals surface area contributed by atoms with E-state index in [1.807, 2.05) is 0 Å². The number of rotatable bonds is 14. The molecule has 0 aliphatic heterocycles. The lowest BCUT2D eigenvalue weighted by atomic mass is 9.77. The largest absolute Gasteiger partial charge is 0.481 e. The Hall–Kier alpha value is -1.85. The number of carboxylic acids is 1. The third-order valence-corrected chi connectivity index (χ3v) is 6.95. The van der Waals surface area contributed by atoms with Crippen LogP contribution in [0.3, 0.4) is 0 Å². The van der Waals surface area contributed by atoms with Crippen molar-refractivity contribution in [1.82, 2.24) is 10.2 Å². The van der Waals surface area contributed by atoms with Crippen LogP contribution in [0.25, 0.3) is 0 Å². The van der Waals surface area contributed by atoms with E-state index in [2.05, 4.69) is 24.4 Å². The van der Waals surface area contributed by atoms with Gasteiger partial charge in [0.15, 0.2) is 0 Å². The van der Waals surface area contributed by atoms with Crippen molar-refractivity contribution in [3.05, 3.63) is 12.2 Å². The molecule has 2 N–H and O–H groups in total. The van der Waals surface area contributed by atoms with E-state index in [0.717, 1.165) is 38.0 Å². The maximum absolute atomic E-state index is 12.4. The smallest absolute Gasteiger partial charge is 0.303 e. The molecule has 0 unspecified atom stereocenters.